The number of amides is 1. The van der Waals surface area contributed by atoms with Crippen molar-refractivity contribution in [3.8, 4) is 0 Å². The summed E-state index contributed by atoms with van der Waals surface area (Å²) >= 11 is 0. The number of benzene rings is 1. The van der Waals surface area contributed by atoms with Crippen molar-refractivity contribution in [3.05, 3.63) is 29.8 Å². The van der Waals surface area contributed by atoms with Gasteiger partial charge in [0.1, 0.15) is 0 Å². The molecule has 1 amide bonds. The lowest BCUT2D eigenvalue weighted by atomic mass is 9.84. The predicted molar refractivity (Wildman–Crippen MR) is 109 cm³/mol. The Hall–Kier alpha value is -1.40. The number of fused-ring (bicyclic) bond motifs is 2. The molecule has 0 spiro atoms. The third kappa shape index (κ3) is 4.13. The summed E-state index contributed by atoms with van der Waals surface area (Å²) in [5, 5.41) is 3.19. The first kappa shape index (κ1) is 19.9. The van der Waals surface area contributed by atoms with Gasteiger partial charge in [-0.1, -0.05) is 25.0 Å². The number of carbonyl (C=O) groups is 1. The Labute approximate surface area is 168 Å². The van der Waals surface area contributed by atoms with Crippen molar-refractivity contribution in [3.63, 3.8) is 0 Å². The Bertz CT molecular complexity index is 800. The summed E-state index contributed by atoms with van der Waals surface area (Å²) in [4.78, 5) is 12.8. The minimum atomic E-state index is -3.41. The van der Waals surface area contributed by atoms with Crippen molar-refractivity contribution < 1.29 is 13.2 Å². The molecular weight excluding hydrogens is 372 g/mol. The maximum absolute atomic E-state index is 12.7. The second kappa shape index (κ2) is 8.15. The molecule has 1 N–H and O–H groups in total. The van der Waals surface area contributed by atoms with Gasteiger partial charge in [-0.15, -0.1) is 0 Å². The van der Waals surface area contributed by atoms with Crippen LogP contribution < -0.4 is 5.32 Å². The van der Waals surface area contributed by atoms with Crippen LogP contribution in [0.2, 0.25) is 0 Å². The molecule has 6 heteroatoms. The van der Waals surface area contributed by atoms with Gasteiger partial charge in [0.05, 0.1) is 11.3 Å². The molecule has 0 radical (unpaired) electrons. The van der Waals surface area contributed by atoms with Crippen molar-refractivity contribution in [2.75, 3.05) is 13.1 Å². The highest BCUT2D eigenvalue weighted by molar-refractivity contribution is 7.89. The normalized spacial score (nSPS) is 29.0. The fourth-order valence-electron chi connectivity index (χ4n) is 5.54. The van der Waals surface area contributed by atoms with Crippen LogP contribution in [0.1, 0.15) is 57.4 Å². The van der Waals surface area contributed by atoms with E-state index in [0.29, 0.717) is 30.3 Å². The maximum atomic E-state index is 12.7. The Balaban J connectivity index is 1.33. The molecule has 5 nitrogen and oxygen atoms in total. The van der Waals surface area contributed by atoms with E-state index in [9.17, 15) is 13.2 Å². The van der Waals surface area contributed by atoms with E-state index < -0.39 is 10.0 Å². The third-order valence-electron chi connectivity index (χ3n) is 7.06. The Kier molecular flexibility index (Phi) is 5.79. The number of hydrogen-bond donors (Lipinski definition) is 1. The zero-order valence-corrected chi connectivity index (χ0v) is 17.6. The summed E-state index contributed by atoms with van der Waals surface area (Å²) in [5.74, 6) is 2.32. The van der Waals surface area contributed by atoms with Gasteiger partial charge in [-0.3, -0.25) is 4.79 Å². The standard InChI is InChI=1S/C22H32N2O3S/c1-16(21-14-18-5-8-19(21)13-18)23-22(25)15-17-6-9-20(10-7-17)28(26,27)24-11-3-2-4-12-24/h6-7,9-10,16,18-19,21H,2-5,8,11-15H2,1H3,(H,23,25)/t16-,18+,19+,21-/m0/s1. The van der Waals surface area contributed by atoms with Crippen LogP contribution in [-0.4, -0.2) is 37.8 Å². The number of rotatable bonds is 6. The topological polar surface area (TPSA) is 66.5 Å². The molecule has 2 saturated carbocycles. The summed E-state index contributed by atoms with van der Waals surface area (Å²) in [5.41, 5.74) is 0.857. The zero-order valence-electron chi connectivity index (χ0n) is 16.8. The van der Waals surface area contributed by atoms with E-state index in [2.05, 4.69) is 12.2 Å². The van der Waals surface area contributed by atoms with E-state index in [0.717, 1.165) is 36.7 Å². The molecule has 2 bridgehead atoms. The quantitative estimate of drug-likeness (QED) is 0.791. The zero-order chi connectivity index (χ0) is 19.7. The average Bonchev–Trinajstić information content (AvgIpc) is 3.32. The van der Waals surface area contributed by atoms with E-state index in [1.807, 2.05) is 0 Å². The summed E-state index contributed by atoms with van der Waals surface area (Å²) in [7, 11) is -3.41. The molecule has 1 heterocycles. The van der Waals surface area contributed by atoms with E-state index in [1.165, 1.54) is 25.7 Å². The van der Waals surface area contributed by atoms with Crippen LogP contribution in [0.3, 0.4) is 0 Å². The number of piperidine rings is 1. The number of nitrogens with one attached hydrogen (secondary N) is 1. The van der Waals surface area contributed by atoms with Crippen LogP contribution in [0.15, 0.2) is 29.2 Å². The lowest BCUT2D eigenvalue weighted by Gasteiger charge is -2.28. The number of sulfonamides is 1. The molecule has 4 atom stereocenters. The van der Waals surface area contributed by atoms with E-state index in [-0.39, 0.29) is 11.9 Å². The average molecular weight is 405 g/mol. The summed E-state index contributed by atoms with van der Waals surface area (Å²) in [6, 6.07) is 7.07. The van der Waals surface area contributed by atoms with Gasteiger partial charge >= 0.3 is 0 Å². The van der Waals surface area contributed by atoms with Gasteiger partial charge in [0.25, 0.3) is 0 Å². The Morgan fingerprint density at radius 1 is 1.11 bits per heavy atom. The molecule has 0 aromatic heterocycles. The molecule has 3 aliphatic rings. The SMILES string of the molecule is C[C@H](NC(=O)Cc1ccc(S(=O)(=O)N2CCCCC2)cc1)[C@@H]1C[C@@H]2CC[C@@H]1C2. The van der Waals surface area contributed by atoms with Gasteiger partial charge in [0.15, 0.2) is 0 Å². The monoisotopic (exact) mass is 404 g/mol. The van der Waals surface area contributed by atoms with Crippen LogP contribution in [0.5, 0.6) is 0 Å². The van der Waals surface area contributed by atoms with Crippen molar-refractivity contribution >= 4 is 15.9 Å². The number of nitrogens with zero attached hydrogens (tertiary/aromatic N) is 1. The van der Waals surface area contributed by atoms with Crippen LogP contribution in [0.4, 0.5) is 0 Å². The fourth-order valence-corrected chi connectivity index (χ4v) is 7.05. The van der Waals surface area contributed by atoms with Crippen LogP contribution in [-0.2, 0) is 21.2 Å². The van der Waals surface area contributed by atoms with Gasteiger partial charge in [-0.05, 0) is 74.5 Å². The highest BCUT2D eigenvalue weighted by Crippen LogP contribution is 2.49. The molecule has 1 aliphatic heterocycles. The Morgan fingerprint density at radius 3 is 2.43 bits per heavy atom. The van der Waals surface area contributed by atoms with Crippen LogP contribution >= 0.6 is 0 Å². The van der Waals surface area contributed by atoms with Gasteiger partial charge in [0.2, 0.25) is 15.9 Å². The molecular formula is C22H32N2O3S. The molecule has 1 aromatic rings. The predicted octanol–water partition coefficient (Wildman–Crippen LogP) is 3.34. The number of carbonyl (C=O) groups excluding carboxylic acids is 1. The largest absolute Gasteiger partial charge is 0.353 e. The van der Waals surface area contributed by atoms with Crippen LogP contribution in [0, 0.1) is 17.8 Å². The molecule has 3 fully saturated rings. The summed E-state index contributed by atoms with van der Waals surface area (Å²) < 4.78 is 27.0. The molecule has 1 saturated heterocycles. The van der Waals surface area contributed by atoms with Gasteiger partial charge in [0, 0.05) is 19.1 Å². The first-order valence-corrected chi connectivity index (χ1v) is 12.3. The van der Waals surface area contributed by atoms with Crippen LogP contribution in [0.25, 0.3) is 0 Å². The first-order chi connectivity index (χ1) is 13.4. The second-order valence-corrected chi connectivity index (χ2v) is 10.9. The molecule has 28 heavy (non-hydrogen) atoms. The minimum absolute atomic E-state index is 0.0295. The summed E-state index contributed by atoms with van der Waals surface area (Å²) in [6.45, 7) is 3.35. The van der Waals surface area contributed by atoms with Gasteiger partial charge < -0.3 is 5.32 Å². The van der Waals surface area contributed by atoms with Crippen molar-refractivity contribution in [2.45, 2.75) is 69.2 Å². The molecule has 1 aromatic carbocycles. The van der Waals surface area contributed by atoms with Crippen molar-refractivity contribution in [1.82, 2.24) is 9.62 Å². The maximum Gasteiger partial charge on any atom is 0.243 e. The highest BCUT2D eigenvalue weighted by Gasteiger charge is 2.42. The van der Waals surface area contributed by atoms with E-state index in [4.69, 9.17) is 0 Å². The molecule has 0 unspecified atom stereocenters. The van der Waals surface area contributed by atoms with E-state index in [1.54, 1.807) is 28.6 Å². The van der Waals surface area contributed by atoms with Gasteiger partial charge in [-0.2, -0.15) is 4.31 Å². The third-order valence-corrected chi connectivity index (χ3v) is 8.98. The fraction of sp³-hybridized carbons (Fsp3) is 0.682. The lowest BCUT2D eigenvalue weighted by molar-refractivity contribution is -0.121. The minimum Gasteiger partial charge on any atom is -0.353 e. The second-order valence-electron chi connectivity index (χ2n) is 8.98. The van der Waals surface area contributed by atoms with Gasteiger partial charge in [-0.25, -0.2) is 8.42 Å². The molecule has 2 aliphatic carbocycles. The van der Waals surface area contributed by atoms with Crippen molar-refractivity contribution in [1.29, 1.82) is 0 Å². The first-order valence-electron chi connectivity index (χ1n) is 10.8. The molecule has 154 valence electrons. The van der Waals surface area contributed by atoms with E-state index >= 15 is 0 Å². The smallest absolute Gasteiger partial charge is 0.243 e. The lowest BCUT2D eigenvalue weighted by Crippen LogP contribution is -2.40. The number of hydrogen-bond acceptors (Lipinski definition) is 3. The van der Waals surface area contributed by atoms with Crippen molar-refractivity contribution in [2.24, 2.45) is 17.8 Å². The highest BCUT2D eigenvalue weighted by atomic mass is 32.2. The Morgan fingerprint density at radius 2 is 1.82 bits per heavy atom. The molecule has 4 rings (SSSR count). The summed E-state index contributed by atoms with van der Waals surface area (Å²) in [6.07, 6.45) is 8.55.